The standard InChI is InChI=1S/C14H22N2O2/c1-10-8-16(7-6-13(10)17)9-14(18)11-4-2-3-5-12(11)15/h2-5,10,13-14,17-18H,6-9,15H2,1H3. The average Bonchev–Trinajstić information content (AvgIpc) is 2.34. The molecule has 3 unspecified atom stereocenters. The number of rotatable bonds is 3. The molecule has 4 heteroatoms. The van der Waals surface area contributed by atoms with Crippen molar-refractivity contribution >= 4 is 5.69 Å². The van der Waals surface area contributed by atoms with Gasteiger partial charge in [0.25, 0.3) is 0 Å². The normalized spacial score (nSPS) is 27.1. The van der Waals surface area contributed by atoms with Gasteiger partial charge in [0, 0.05) is 30.9 Å². The number of benzene rings is 1. The summed E-state index contributed by atoms with van der Waals surface area (Å²) in [5.74, 6) is 0.263. The molecule has 18 heavy (non-hydrogen) atoms. The second-order valence-corrected chi connectivity index (χ2v) is 5.24. The third-order valence-corrected chi connectivity index (χ3v) is 3.73. The summed E-state index contributed by atoms with van der Waals surface area (Å²) in [7, 11) is 0. The van der Waals surface area contributed by atoms with Gasteiger partial charge in [-0.25, -0.2) is 0 Å². The van der Waals surface area contributed by atoms with Gasteiger partial charge in [-0.1, -0.05) is 25.1 Å². The van der Waals surface area contributed by atoms with E-state index in [0.29, 0.717) is 12.2 Å². The number of para-hydroxylation sites is 1. The Labute approximate surface area is 108 Å². The Balaban J connectivity index is 1.96. The molecule has 3 atom stereocenters. The summed E-state index contributed by atoms with van der Waals surface area (Å²) in [4.78, 5) is 2.19. The third-order valence-electron chi connectivity index (χ3n) is 3.73. The van der Waals surface area contributed by atoms with Crippen LogP contribution < -0.4 is 5.73 Å². The maximum atomic E-state index is 10.2. The molecule has 0 aromatic heterocycles. The van der Waals surface area contributed by atoms with Gasteiger partial charge in [0.2, 0.25) is 0 Å². The Hall–Kier alpha value is -1.10. The fraction of sp³-hybridized carbons (Fsp3) is 0.571. The van der Waals surface area contributed by atoms with Crippen LogP contribution in [0.15, 0.2) is 24.3 Å². The number of hydrogen-bond acceptors (Lipinski definition) is 4. The summed E-state index contributed by atoms with van der Waals surface area (Å²) in [5, 5.41) is 19.9. The van der Waals surface area contributed by atoms with Crippen molar-refractivity contribution in [3.8, 4) is 0 Å². The molecule has 4 nitrogen and oxygen atoms in total. The van der Waals surface area contributed by atoms with E-state index in [0.717, 1.165) is 25.1 Å². The Kier molecular flexibility index (Phi) is 4.22. The van der Waals surface area contributed by atoms with E-state index in [1.165, 1.54) is 0 Å². The SMILES string of the molecule is CC1CN(CC(O)c2ccccc2N)CCC1O. The highest BCUT2D eigenvalue weighted by Gasteiger charge is 2.25. The topological polar surface area (TPSA) is 69.7 Å². The van der Waals surface area contributed by atoms with Crippen molar-refractivity contribution in [2.75, 3.05) is 25.4 Å². The van der Waals surface area contributed by atoms with E-state index in [-0.39, 0.29) is 12.0 Å². The van der Waals surface area contributed by atoms with Gasteiger partial charge in [0.15, 0.2) is 0 Å². The maximum Gasteiger partial charge on any atom is 0.0936 e. The molecule has 1 aromatic rings. The minimum absolute atomic E-state index is 0.208. The molecule has 0 bridgehead atoms. The molecule has 0 saturated carbocycles. The molecule has 2 rings (SSSR count). The highest BCUT2D eigenvalue weighted by Crippen LogP contribution is 2.23. The van der Waals surface area contributed by atoms with Crippen molar-refractivity contribution in [1.29, 1.82) is 0 Å². The second-order valence-electron chi connectivity index (χ2n) is 5.24. The quantitative estimate of drug-likeness (QED) is 0.700. The summed E-state index contributed by atoms with van der Waals surface area (Å²) >= 11 is 0. The first-order valence-electron chi connectivity index (χ1n) is 6.51. The number of nitrogens with two attached hydrogens (primary N) is 1. The van der Waals surface area contributed by atoms with Gasteiger partial charge < -0.3 is 15.9 Å². The zero-order valence-corrected chi connectivity index (χ0v) is 10.8. The lowest BCUT2D eigenvalue weighted by Gasteiger charge is -2.35. The highest BCUT2D eigenvalue weighted by molar-refractivity contribution is 5.47. The molecule has 1 fully saturated rings. The zero-order valence-electron chi connectivity index (χ0n) is 10.8. The lowest BCUT2D eigenvalue weighted by molar-refractivity contribution is 0.0149. The van der Waals surface area contributed by atoms with Crippen LogP contribution >= 0.6 is 0 Å². The van der Waals surface area contributed by atoms with Gasteiger partial charge in [0.05, 0.1) is 12.2 Å². The third kappa shape index (κ3) is 3.02. The Morgan fingerprint density at radius 2 is 2.17 bits per heavy atom. The Morgan fingerprint density at radius 1 is 1.44 bits per heavy atom. The van der Waals surface area contributed by atoms with Crippen LogP contribution in [0, 0.1) is 5.92 Å². The van der Waals surface area contributed by atoms with E-state index < -0.39 is 6.10 Å². The summed E-state index contributed by atoms with van der Waals surface area (Å²) in [6.45, 7) is 4.27. The van der Waals surface area contributed by atoms with Crippen LogP contribution in [0.25, 0.3) is 0 Å². The second kappa shape index (κ2) is 5.69. The largest absolute Gasteiger partial charge is 0.398 e. The van der Waals surface area contributed by atoms with Gasteiger partial charge in [0.1, 0.15) is 0 Å². The molecule has 0 radical (unpaired) electrons. The Bertz CT molecular complexity index is 397. The van der Waals surface area contributed by atoms with Crippen molar-refractivity contribution in [2.24, 2.45) is 5.92 Å². The number of nitrogen functional groups attached to an aromatic ring is 1. The number of aliphatic hydroxyl groups excluding tert-OH is 2. The van der Waals surface area contributed by atoms with E-state index >= 15 is 0 Å². The fourth-order valence-corrected chi connectivity index (χ4v) is 2.54. The van der Waals surface area contributed by atoms with E-state index in [1.807, 2.05) is 25.1 Å². The minimum atomic E-state index is -0.561. The van der Waals surface area contributed by atoms with Crippen LogP contribution in [0.3, 0.4) is 0 Å². The van der Waals surface area contributed by atoms with Crippen molar-refractivity contribution in [1.82, 2.24) is 4.90 Å². The van der Waals surface area contributed by atoms with Crippen LogP contribution in [-0.4, -0.2) is 40.9 Å². The van der Waals surface area contributed by atoms with Crippen LogP contribution in [0.2, 0.25) is 0 Å². The van der Waals surface area contributed by atoms with E-state index in [4.69, 9.17) is 5.73 Å². The smallest absolute Gasteiger partial charge is 0.0936 e. The Morgan fingerprint density at radius 3 is 2.83 bits per heavy atom. The number of piperidine rings is 1. The average molecular weight is 250 g/mol. The molecule has 0 amide bonds. The lowest BCUT2D eigenvalue weighted by Crippen LogP contribution is -2.43. The molecular formula is C14H22N2O2. The predicted octanol–water partition coefficient (Wildman–Crippen LogP) is 1.00. The summed E-state index contributed by atoms with van der Waals surface area (Å²) in [6.07, 6.45) is 0.00635. The fourth-order valence-electron chi connectivity index (χ4n) is 2.54. The molecular weight excluding hydrogens is 228 g/mol. The molecule has 100 valence electrons. The predicted molar refractivity (Wildman–Crippen MR) is 72.0 cm³/mol. The van der Waals surface area contributed by atoms with E-state index in [1.54, 1.807) is 6.07 Å². The molecule has 4 N–H and O–H groups in total. The highest BCUT2D eigenvalue weighted by atomic mass is 16.3. The van der Waals surface area contributed by atoms with Crippen molar-refractivity contribution in [3.05, 3.63) is 29.8 Å². The van der Waals surface area contributed by atoms with Crippen LogP contribution in [-0.2, 0) is 0 Å². The van der Waals surface area contributed by atoms with Crippen LogP contribution in [0.5, 0.6) is 0 Å². The minimum Gasteiger partial charge on any atom is -0.398 e. The van der Waals surface area contributed by atoms with E-state index in [9.17, 15) is 10.2 Å². The van der Waals surface area contributed by atoms with Crippen molar-refractivity contribution in [3.63, 3.8) is 0 Å². The van der Waals surface area contributed by atoms with Gasteiger partial charge in [-0.3, -0.25) is 4.90 Å². The molecule has 1 aromatic carbocycles. The number of hydrogen-bond donors (Lipinski definition) is 3. The van der Waals surface area contributed by atoms with Crippen molar-refractivity contribution < 1.29 is 10.2 Å². The zero-order chi connectivity index (χ0) is 13.1. The molecule has 0 spiro atoms. The maximum absolute atomic E-state index is 10.2. The number of β-amino-alcohol motifs (C(OH)–C–C–N with tert-alkyl or cyclic N) is 1. The van der Waals surface area contributed by atoms with Gasteiger partial charge >= 0.3 is 0 Å². The molecule has 0 aliphatic carbocycles. The van der Waals surface area contributed by atoms with Crippen molar-refractivity contribution in [2.45, 2.75) is 25.6 Å². The number of nitrogens with zero attached hydrogens (tertiary/aromatic N) is 1. The van der Waals surface area contributed by atoms with Crippen LogP contribution in [0.4, 0.5) is 5.69 Å². The monoisotopic (exact) mass is 250 g/mol. The molecule has 1 aliphatic rings. The number of likely N-dealkylation sites (tertiary alicyclic amines) is 1. The summed E-state index contributed by atoms with van der Waals surface area (Å²) in [5.41, 5.74) is 7.28. The van der Waals surface area contributed by atoms with Crippen LogP contribution in [0.1, 0.15) is 25.0 Å². The molecule has 1 saturated heterocycles. The van der Waals surface area contributed by atoms with Gasteiger partial charge in [-0.05, 0) is 18.4 Å². The van der Waals surface area contributed by atoms with Gasteiger partial charge in [-0.2, -0.15) is 0 Å². The molecule has 1 heterocycles. The van der Waals surface area contributed by atoms with Gasteiger partial charge in [-0.15, -0.1) is 0 Å². The first-order valence-corrected chi connectivity index (χ1v) is 6.51. The first-order chi connectivity index (χ1) is 8.58. The lowest BCUT2D eigenvalue weighted by atomic mass is 9.96. The molecule has 1 aliphatic heterocycles. The number of aliphatic hydroxyl groups is 2. The number of anilines is 1. The first kappa shape index (κ1) is 13.3. The summed E-state index contributed by atoms with van der Waals surface area (Å²) in [6, 6.07) is 7.42. The summed E-state index contributed by atoms with van der Waals surface area (Å²) < 4.78 is 0. The van der Waals surface area contributed by atoms with E-state index in [2.05, 4.69) is 4.90 Å².